The number of nitrogens with one attached hydrogen (secondary N) is 1. The van der Waals surface area contributed by atoms with E-state index in [1.165, 1.54) is 5.56 Å². The Morgan fingerprint density at radius 2 is 1.71 bits per heavy atom. The first kappa shape index (κ1) is 16.0. The molecule has 0 bridgehead atoms. The fraction of sp³-hybridized carbons (Fsp3) is 0.200. The average molecular weight is 318 g/mol. The Bertz CT molecular complexity index is 815. The van der Waals surface area contributed by atoms with Crippen LogP contribution >= 0.6 is 0 Å². The molecule has 4 heteroatoms. The third kappa shape index (κ3) is 3.71. The van der Waals surface area contributed by atoms with Gasteiger partial charge in [-0.3, -0.25) is 0 Å². The van der Waals surface area contributed by atoms with Crippen molar-refractivity contribution in [3.8, 4) is 0 Å². The molecule has 122 valence electrons. The van der Waals surface area contributed by atoms with Crippen molar-refractivity contribution >= 4 is 23.1 Å². The molecular weight excluding hydrogens is 296 g/mol. The lowest BCUT2D eigenvalue weighted by Crippen LogP contribution is -2.18. The van der Waals surface area contributed by atoms with Gasteiger partial charge in [-0.05, 0) is 50.6 Å². The van der Waals surface area contributed by atoms with E-state index in [0.29, 0.717) is 5.95 Å². The number of nitrogens with zero attached hydrogens (tertiary/aromatic N) is 3. The highest BCUT2D eigenvalue weighted by Crippen LogP contribution is 2.26. The first-order chi connectivity index (χ1) is 11.7. The zero-order valence-electron chi connectivity index (χ0n) is 14.3. The fourth-order valence-electron chi connectivity index (χ4n) is 2.67. The highest BCUT2D eigenvalue weighted by atomic mass is 15.2. The number of anilines is 4. The van der Waals surface area contributed by atoms with Gasteiger partial charge in [0.05, 0.1) is 0 Å². The maximum Gasteiger partial charge on any atom is 0.229 e. The van der Waals surface area contributed by atoms with Crippen LogP contribution in [-0.4, -0.2) is 16.5 Å². The molecule has 0 amide bonds. The van der Waals surface area contributed by atoms with Crippen molar-refractivity contribution in [2.24, 2.45) is 0 Å². The zero-order chi connectivity index (χ0) is 16.9. The minimum atomic E-state index is 0.613. The quantitative estimate of drug-likeness (QED) is 0.719. The van der Waals surface area contributed by atoms with E-state index in [-0.39, 0.29) is 0 Å². The summed E-state index contributed by atoms with van der Waals surface area (Å²) in [5, 5.41) is 3.28. The van der Waals surface area contributed by atoms with Crippen molar-refractivity contribution < 1.29 is 0 Å². The van der Waals surface area contributed by atoms with E-state index in [1.807, 2.05) is 43.3 Å². The second-order valence-electron chi connectivity index (χ2n) is 5.77. The molecule has 1 heterocycles. The molecule has 0 fully saturated rings. The lowest BCUT2D eigenvalue weighted by Gasteiger charge is -2.23. The molecule has 4 nitrogen and oxygen atoms in total. The standard InChI is InChI=1S/C20H22N4/c1-4-24(18-12-8-9-15(2)13-18)19-14-16(3)21-20(23-19)22-17-10-6-5-7-11-17/h5-14H,4H2,1-3H3,(H,21,22,23). The van der Waals surface area contributed by atoms with E-state index in [0.717, 1.165) is 29.4 Å². The van der Waals surface area contributed by atoms with Gasteiger partial charge in [-0.25, -0.2) is 4.98 Å². The zero-order valence-corrected chi connectivity index (χ0v) is 14.3. The minimum Gasteiger partial charge on any atom is -0.326 e. The van der Waals surface area contributed by atoms with E-state index in [1.54, 1.807) is 0 Å². The molecule has 3 rings (SSSR count). The molecule has 0 saturated carbocycles. The lowest BCUT2D eigenvalue weighted by molar-refractivity contribution is 0.968. The summed E-state index contributed by atoms with van der Waals surface area (Å²) in [6.45, 7) is 7.06. The largest absolute Gasteiger partial charge is 0.326 e. The van der Waals surface area contributed by atoms with Crippen molar-refractivity contribution in [2.45, 2.75) is 20.8 Å². The predicted octanol–water partition coefficient (Wildman–Crippen LogP) is 5.00. The van der Waals surface area contributed by atoms with E-state index >= 15 is 0 Å². The Hall–Kier alpha value is -2.88. The van der Waals surface area contributed by atoms with Crippen LogP contribution in [0.2, 0.25) is 0 Å². The van der Waals surface area contributed by atoms with Crippen LogP contribution < -0.4 is 10.2 Å². The highest BCUT2D eigenvalue weighted by Gasteiger charge is 2.11. The number of para-hydroxylation sites is 1. The molecule has 0 radical (unpaired) electrons. The van der Waals surface area contributed by atoms with Crippen LogP contribution in [0.25, 0.3) is 0 Å². The van der Waals surface area contributed by atoms with Gasteiger partial charge in [0.1, 0.15) is 5.82 Å². The van der Waals surface area contributed by atoms with E-state index in [9.17, 15) is 0 Å². The van der Waals surface area contributed by atoms with Gasteiger partial charge in [0.15, 0.2) is 0 Å². The smallest absolute Gasteiger partial charge is 0.229 e. The van der Waals surface area contributed by atoms with E-state index in [4.69, 9.17) is 4.98 Å². The summed E-state index contributed by atoms with van der Waals surface area (Å²) in [6.07, 6.45) is 0. The fourth-order valence-corrected chi connectivity index (χ4v) is 2.67. The first-order valence-corrected chi connectivity index (χ1v) is 8.17. The van der Waals surface area contributed by atoms with Gasteiger partial charge in [0.2, 0.25) is 5.95 Å². The summed E-state index contributed by atoms with van der Waals surface area (Å²) >= 11 is 0. The summed E-state index contributed by atoms with van der Waals surface area (Å²) in [6, 6.07) is 20.5. The molecule has 2 aromatic carbocycles. The van der Waals surface area contributed by atoms with E-state index in [2.05, 4.69) is 53.3 Å². The minimum absolute atomic E-state index is 0.613. The molecule has 0 aliphatic rings. The van der Waals surface area contributed by atoms with Crippen molar-refractivity contribution in [1.82, 2.24) is 9.97 Å². The summed E-state index contributed by atoms with van der Waals surface area (Å²) in [7, 11) is 0. The average Bonchev–Trinajstić information content (AvgIpc) is 2.56. The molecule has 0 saturated heterocycles. The molecule has 0 atom stereocenters. The van der Waals surface area contributed by atoms with Gasteiger partial charge in [-0.1, -0.05) is 30.3 Å². The van der Waals surface area contributed by atoms with Crippen LogP contribution in [0.4, 0.5) is 23.1 Å². The number of hydrogen-bond donors (Lipinski definition) is 1. The second kappa shape index (κ2) is 7.13. The van der Waals surface area contributed by atoms with Gasteiger partial charge >= 0.3 is 0 Å². The lowest BCUT2D eigenvalue weighted by atomic mass is 10.2. The molecule has 3 aromatic rings. The molecule has 1 aromatic heterocycles. The van der Waals surface area contributed by atoms with Gasteiger partial charge in [0.25, 0.3) is 0 Å². The summed E-state index contributed by atoms with van der Waals surface area (Å²) in [5.74, 6) is 1.51. The number of aromatic nitrogens is 2. The Labute approximate surface area is 143 Å². The van der Waals surface area contributed by atoms with Crippen LogP contribution in [0.1, 0.15) is 18.2 Å². The van der Waals surface area contributed by atoms with Crippen molar-refractivity contribution in [1.29, 1.82) is 0 Å². The van der Waals surface area contributed by atoms with Gasteiger partial charge in [-0.2, -0.15) is 4.98 Å². The third-order valence-electron chi connectivity index (χ3n) is 3.78. The van der Waals surface area contributed by atoms with Crippen LogP contribution in [0.15, 0.2) is 60.7 Å². The normalized spacial score (nSPS) is 10.5. The monoisotopic (exact) mass is 318 g/mol. The molecule has 24 heavy (non-hydrogen) atoms. The number of hydrogen-bond acceptors (Lipinski definition) is 4. The van der Waals surface area contributed by atoms with Crippen molar-refractivity contribution in [3.05, 3.63) is 71.9 Å². The molecular formula is C20H22N4. The Balaban J connectivity index is 1.95. The Kier molecular flexibility index (Phi) is 4.75. The van der Waals surface area contributed by atoms with Crippen LogP contribution in [0.5, 0.6) is 0 Å². The molecule has 0 aliphatic heterocycles. The second-order valence-corrected chi connectivity index (χ2v) is 5.77. The van der Waals surface area contributed by atoms with Crippen molar-refractivity contribution in [3.63, 3.8) is 0 Å². The predicted molar refractivity (Wildman–Crippen MR) is 100 cm³/mol. The van der Waals surface area contributed by atoms with Gasteiger partial charge in [0, 0.05) is 29.7 Å². The highest BCUT2D eigenvalue weighted by molar-refractivity contribution is 5.63. The summed E-state index contributed by atoms with van der Waals surface area (Å²) in [5.41, 5.74) is 4.29. The van der Waals surface area contributed by atoms with Gasteiger partial charge in [-0.15, -0.1) is 0 Å². The third-order valence-corrected chi connectivity index (χ3v) is 3.78. The number of benzene rings is 2. The maximum atomic E-state index is 4.71. The topological polar surface area (TPSA) is 41.1 Å². The maximum absolute atomic E-state index is 4.71. The summed E-state index contributed by atoms with van der Waals surface area (Å²) < 4.78 is 0. The summed E-state index contributed by atoms with van der Waals surface area (Å²) in [4.78, 5) is 11.4. The Morgan fingerprint density at radius 3 is 2.42 bits per heavy atom. The van der Waals surface area contributed by atoms with Crippen LogP contribution in [-0.2, 0) is 0 Å². The SMILES string of the molecule is CCN(c1cccc(C)c1)c1cc(C)nc(Nc2ccccc2)n1. The van der Waals surface area contributed by atoms with Crippen molar-refractivity contribution in [2.75, 3.05) is 16.8 Å². The van der Waals surface area contributed by atoms with E-state index < -0.39 is 0 Å². The molecule has 0 unspecified atom stereocenters. The molecule has 1 N–H and O–H groups in total. The van der Waals surface area contributed by atoms with Crippen LogP contribution in [0.3, 0.4) is 0 Å². The van der Waals surface area contributed by atoms with Gasteiger partial charge < -0.3 is 10.2 Å². The van der Waals surface area contributed by atoms with Crippen LogP contribution in [0, 0.1) is 13.8 Å². The molecule has 0 aliphatic carbocycles. The number of aryl methyl sites for hydroxylation is 2. The Morgan fingerprint density at radius 1 is 0.917 bits per heavy atom. The number of rotatable bonds is 5. The first-order valence-electron chi connectivity index (χ1n) is 8.17. The molecule has 0 spiro atoms.